The summed E-state index contributed by atoms with van der Waals surface area (Å²) in [6, 6.07) is 9.12. The highest BCUT2D eigenvalue weighted by Gasteiger charge is 2.16. The van der Waals surface area contributed by atoms with Crippen molar-refractivity contribution in [1.82, 2.24) is 19.6 Å². The molecule has 1 aromatic carbocycles. The minimum Gasteiger partial charge on any atom is -0.497 e. The van der Waals surface area contributed by atoms with Gasteiger partial charge in [0.05, 0.1) is 25.3 Å². The first kappa shape index (κ1) is 19.6. The van der Waals surface area contributed by atoms with Crippen LogP contribution in [0.2, 0.25) is 0 Å². The van der Waals surface area contributed by atoms with Gasteiger partial charge in [0.25, 0.3) is 0 Å². The number of rotatable bonds is 6. The van der Waals surface area contributed by atoms with E-state index in [9.17, 15) is 4.79 Å². The minimum absolute atomic E-state index is 0.118. The molecule has 0 aliphatic rings. The summed E-state index contributed by atoms with van der Waals surface area (Å²) in [6.07, 6.45) is 2.56. The first-order valence-electron chi connectivity index (χ1n) is 9.63. The Morgan fingerprint density at radius 3 is 2.77 bits per heavy atom. The number of benzene rings is 1. The molecule has 3 aromatic heterocycles. The number of methoxy groups -OCH3 is 2. The molecule has 4 rings (SSSR count). The molecular weight excluding hydrogens is 382 g/mol. The van der Waals surface area contributed by atoms with Gasteiger partial charge in [-0.05, 0) is 50.1 Å². The number of aryl methyl sites for hydroxylation is 2. The number of hydrogen-bond acceptors (Lipinski definition) is 6. The summed E-state index contributed by atoms with van der Waals surface area (Å²) >= 11 is 0. The molecule has 0 spiro atoms. The fourth-order valence-corrected chi connectivity index (χ4v) is 3.59. The van der Waals surface area contributed by atoms with Crippen LogP contribution in [-0.2, 0) is 11.2 Å². The molecule has 0 saturated heterocycles. The van der Waals surface area contributed by atoms with E-state index in [0.29, 0.717) is 35.7 Å². The number of hydrogen-bond donors (Lipinski definition) is 1. The Bertz CT molecular complexity index is 1250. The molecule has 0 unspecified atom stereocenters. The number of fused-ring (bicyclic) bond motifs is 3. The van der Waals surface area contributed by atoms with Crippen LogP contribution in [0.3, 0.4) is 0 Å². The van der Waals surface area contributed by atoms with Crippen LogP contribution in [0.15, 0.2) is 36.5 Å². The zero-order valence-corrected chi connectivity index (χ0v) is 17.4. The van der Waals surface area contributed by atoms with Crippen molar-refractivity contribution in [2.24, 2.45) is 0 Å². The van der Waals surface area contributed by atoms with E-state index in [4.69, 9.17) is 14.5 Å². The lowest BCUT2D eigenvalue weighted by atomic mass is 10.1. The Hall–Kier alpha value is -3.68. The predicted octanol–water partition coefficient (Wildman–Crippen LogP) is 3.48. The Morgan fingerprint density at radius 1 is 1.17 bits per heavy atom. The average molecular weight is 405 g/mol. The number of carbonyl (C=O) groups is 1. The van der Waals surface area contributed by atoms with Gasteiger partial charge in [-0.3, -0.25) is 4.79 Å². The molecule has 30 heavy (non-hydrogen) atoms. The number of nitrogens with one attached hydrogen (secondary N) is 1. The Morgan fingerprint density at radius 2 is 2.00 bits per heavy atom. The van der Waals surface area contributed by atoms with E-state index in [1.807, 2.05) is 30.5 Å². The highest BCUT2D eigenvalue weighted by atomic mass is 16.5. The van der Waals surface area contributed by atoms with E-state index >= 15 is 0 Å². The van der Waals surface area contributed by atoms with Crippen LogP contribution in [0.4, 0.5) is 5.69 Å². The second-order valence-electron chi connectivity index (χ2n) is 6.99. The summed E-state index contributed by atoms with van der Waals surface area (Å²) in [7, 11) is 3.14. The molecule has 0 aliphatic carbocycles. The molecule has 0 saturated carbocycles. The van der Waals surface area contributed by atoms with E-state index in [-0.39, 0.29) is 5.91 Å². The summed E-state index contributed by atoms with van der Waals surface area (Å²) < 4.78 is 12.4. The monoisotopic (exact) mass is 405 g/mol. The maximum Gasteiger partial charge on any atom is 0.224 e. The highest BCUT2D eigenvalue weighted by Crippen LogP contribution is 2.29. The van der Waals surface area contributed by atoms with Crippen molar-refractivity contribution in [2.45, 2.75) is 26.7 Å². The Kier molecular flexibility index (Phi) is 5.22. The molecule has 154 valence electrons. The molecule has 8 nitrogen and oxygen atoms in total. The zero-order valence-electron chi connectivity index (χ0n) is 17.4. The van der Waals surface area contributed by atoms with Crippen LogP contribution in [0.1, 0.15) is 23.4 Å². The van der Waals surface area contributed by atoms with Gasteiger partial charge in [0.15, 0.2) is 11.3 Å². The van der Waals surface area contributed by atoms with E-state index in [0.717, 1.165) is 28.0 Å². The lowest BCUT2D eigenvalue weighted by molar-refractivity contribution is -0.116. The maximum absolute atomic E-state index is 12.6. The number of aromatic nitrogens is 4. The molecule has 0 bridgehead atoms. The van der Waals surface area contributed by atoms with Crippen LogP contribution in [-0.4, -0.2) is 39.7 Å². The number of ether oxygens (including phenoxy) is 2. The number of nitrogens with zero attached hydrogens (tertiary/aromatic N) is 4. The van der Waals surface area contributed by atoms with E-state index in [1.54, 1.807) is 38.6 Å². The largest absolute Gasteiger partial charge is 0.497 e. The maximum atomic E-state index is 12.6. The van der Waals surface area contributed by atoms with Gasteiger partial charge >= 0.3 is 0 Å². The van der Waals surface area contributed by atoms with Crippen molar-refractivity contribution >= 4 is 28.3 Å². The molecule has 0 radical (unpaired) electrons. The van der Waals surface area contributed by atoms with E-state index in [1.165, 1.54) is 0 Å². The van der Waals surface area contributed by atoms with Crippen molar-refractivity contribution < 1.29 is 14.3 Å². The van der Waals surface area contributed by atoms with Crippen LogP contribution in [0.25, 0.3) is 16.7 Å². The minimum atomic E-state index is -0.118. The van der Waals surface area contributed by atoms with Crippen molar-refractivity contribution in [3.05, 3.63) is 53.5 Å². The lowest BCUT2D eigenvalue weighted by Crippen LogP contribution is -2.15. The Balaban J connectivity index is 1.56. The number of carbonyl (C=O) groups excluding carboxylic acids is 1. The first-order chi connectivity index (χ1) is 14.5. The SMILES string of the molecule is COc1ccc(OC)c(NC(=O)CCc2c(C)nc3c4cccnc4nn3c2C)c1. The molecule has 0 fully saturated rings. The molecular formula is C22H23N5O3. The van der Waals surface area contributed by atoms with Crippen LogP contribution >= 0.6 is 0 Å². The van der Waals surface area contributed by atoms with Gasteiger partial charge in [0.2, 0.25) is 5.91 Å². The molecule has 1 amide bonds. The van der Waals surface area contributed by atoms with Gasteiger partial charge in [0.1, 0.15) is 11.5 Å². The number of anilines is 1. The van der Waals surface area contributed by atoms with Crippen molar-refractivity contribution in [1.29, 1.82) is 0 Å². The standard InChI is InChI=1S/C22H23N5O3/c1-13-16(14(2)27-22(24-13)17-6-5-11-23-21(17)26-27)8-10-20(28)25-18-12-15(29-3)7-9-19(18)30-4/h5-7,9,11-12H,8,10H2,1-4H3,(H,25,28). The van der Waals surface area contributed by atoms with Crippen molar-refractivity contribution in [2.75, 3.05) is 19.5 Å². The van der Waals surface area contributed by atoms with E-state index < -0.39 is 0 Å². The highest BCUT2D eigenvalue weighted by molar-refractivity contribution is 5.93. The van der Waals surface area contributed by atoms with Gasteiger partial charge < -0.3 is 14.8 Å². The third kappa shape index (κ3) is 3.52. The van der Waals surface area contributed by atoms with E-state index in [2.05, 4.69) is 15.4 Å². The summed E-state index contributed by atoms with van der Waals surface area (Å²) in [5.74, 6) is 1.11. The smallest absolute Gasteiger partial charge is 0.224 e. The number of pyridine rings is 1. The Labute approximate surface area is 173 Å². The summed E-state index contributed by atoms with van der Waals surface area (Å²) in [5, 5.41) is 8.39. The van der Waals surface area contributed by atoms with Gasteiger partial charge in [-0.2, -0.15) is 0 Å². The fraction of sp³-hybridized carbons (Fsp3) is 0.273. The average Bonchev–Trinajstić information content (AvgIpc) is 3.12. The van der Waals surface area contributed by atoms with Gasteiger partial charge in [0, 0.05) is 30.1 Å². The molecule has 0 atom stereocenters. The van der Waals surface area contributed by atoms with Crippen molar-refractivity contribution in [3.8, 4) is 11.5 Å². The molecule has 0 aliphatic heterocycles. The summed E-state index contributed by atoms with van der Waals surface area (Å²) in [4.78, 5) is 21.7. The third-order valence-electron chi connectivity index (χ3n) is 5.17. The van der Waals surface area contributed by atoms with Gasteiger partial charge in [-0.15, -0.1) is 5.10 Å². The quantitative estimate of drug-likeness (QED) is 0.528. The molecule has 4 aromatic rings. The molecule has 1 N–H and O–H groups in total. The summed E-state index contributed by atoms with van der Waals surface area (Å²) in [5.41, 5.74) is 4.87. The first-order valence-corrected chi connectivity index (χ1v) is 9.63. The lowest BCUT2D eigenvalue weighted by Gasteiger charge is -2.13. The van der Waals surface area contributed by atoms with Gasteiger partial charge in [-0.1, -0.05) is 0 Å². The summed E-state index contributed by atoms with van der Waals surface area (Å²) in [6.45, 7) is 3.95. The zero-order chi connectivity index (χ0) is 21.3. The second-order valence-corrected chi connectivity index (χ2v) is 6.99. The third-order valence-corrected chi connectivity index (χ3v) is 5.17. The number of amides is 1. The second kappa shape index (κ2) is 7.98. The van der Waals surface area contributed by atoms with Crippen LogP contribution < -0.4 is 14.8 Å². The predicted molar refractivity (Wildman–Crippen MR) is 114 cm³/mol. The van der Waals surface area contributed by atoms with Crippen molar-refractivity contribution in [3.63, 3.8) is 0 Å². The normalized spacial score (nSPS) is 11.1. The molecule has 3 heterocycles. The van der Waals surface area contributed by atoms with Crippen LogP contribution in [0.5, 0.6) is 11.5 Å². The fourth-order valence-electron chi connectivity index (χ4n) is 3.59. The topological polar surface area (TPSA) is 90.6 Å². The van der Waals surface area contributed by atoms with Gasteiger partial charge in [-0.25, -0.2) is 14.5 Å². The van der Waals surface area contributed by atoms with Crippen LogP contribution in [0, 0.1) is 13.8 Å². The molecule has 8 heteroatoms.